The lowest BCUT2D eigenvalue weighted by atomic mass is 9.70. The third kappa shape index (κ3) is 2.26. The molecule has 2 bridgehead atoms. The van der Waals surface area contributed by atoms with E-state index in [2.05, 4.69) is 27.4 Å². The Balaban J connectivity index is 1.65. The van der Waals surface area contributed by atoms with E-state index in [1.807, 2.05) is 0 Å². The van der Waals surface area contributed by atoms with E-state index in [0.717, 1.165) is 24.8 Å². The molecule has 3 fully saturated rings. The Morgan fingerprint density at radius 3 is 2.29 bits per heavy atom. The topological polar surface area (TPSA) is 26.3 Å². The molecule has 3 aliphatic carbocycles. The van der Waals surface area contributed by atoms with Crippen LogP contribution in [0.5, 0.6) is 0 Å². The lowest BCUT2D eigenvalue weighted by molar-refractivity contribution is -0.152. The molecule has 118 valence electrons. The molecule has 0 aliphatic heterocycles. The van der Waals surface area contributed by atoms with Gasteiger partial charge in [0.05, 0.1) is 0 Å². The van der Waals surface area contributed by atoms with Crippen molar-refractivity contribution < 1.29 is 9.53 Å². The van der Waals surface area contributed by atoms with Crippen LogP contribution >= 0.6 is 0 Å². The number of hydrogen-bond donors (Lipinski definition) is 0. The molecule has 2 nitrogen and oxygen atoms in total. The van der Waals surface area contributed by atoms with Gasteiger partial charge >= 0.3 is 5.97 Å². The molecule has 3 saturated carbocycles. The minimum atomic E-state index is -0.114. The van der Waals surface area contributed by atoms with E-state index in [-0.39, 0.29) is 17.5 Å². The number of fused-ring (bicyclic) bond motifs is 2. The first-order valence-corrected chi connectivity index (χ1v) is 8.76. The quantitative estimate of drug-likeness (QED) is 0.547. The SMILES string of the molecule is C=C(C(=O)OC1C[C@H]2CC[C@@]1(C)C2(C)C)C1CCCCC1. The normalized spacial score (nSPS) is 38.4. The second-order valence-corrected chi connectivity index (χ2v) is 8.36. The second-order valence-electron chi connectivity index (χ2n) is 8.36. The van der Waals surface area contributed by atoms with Crippen LogP contribution in [0.25, 0.3) is 0 Å². The van der Waals surface area contributed by atoms with E-state index in [0.29, 0.717) is 17.3 Å². The highest BCUT2D eigenvalue weighted by atomic mass is 16.5. The molecule has 3 atom stereocenters. The molecule has 0 aromatic rings. The van der Waals surface area contributed by atoms with Crippen LogP contribution < -0.4 is 0 Å². The van der Waals surface area contributed by atoms with Crippen LogP contribution in [0.3, 0.4) is 0 Å². The summed E-state index contributed by atoms with van der Waals surface area (Å²) in [6.07, 6.45) is 9.62. The molecule has 0 radical (unpaired) electrons. The first kappa shape index (κ1) is 15.1. The zero-order valence-electron chi connectivity index (χ0n) is 13.9. The Morgan fingerprint density at radius 2 is 1.76 bits per heavy atom. The van der Waals surface area contributed by atoms with E-state index in [1.54, 1.807) is 0 Å². The van der Waals surface area contributed by atoms with Crippen LogP contribution in [0.1, 0.15) is 72.1 Å². The Morgan fingerprint density at radius 1 is 1.10 bits per heavy atom. The molecular formula is C19H30O2. The van der Waals surface area contributed by atoms with Gasteiger partial charge in [-0.3, -0.25) is 0 Å². The number of rotatable bonds is 3. The summed E-state index contributed by atoms with van der Waals surface area (Å²) in [6, 6.07) is 0. The van der Waals surface area contributed by atoms with Crippen LogP contribution in [0.15, 0.2) is 12.2 Å². The number of carbonyl (C=O) groups is 1. The van der Waals surface area contributed by atoms with Gasteiger partial charge < -0.3 is 4.74 Å². The molecule has 0 aromatic heterocycles. The van der Waals surface area contributed by atoms with E-state index in [1.165, 1.54) is 32.1 Å². The maximum atomic E-state index is 12.5. The van der Waals surface area contributed by atoms with Crippen molar-refractivity contribution in [3.05, 3.63) is 12.2 Å². The van der Waals surface area contributed by atoms with E-state index in [9.17, 15) is 4.79 Å². The van der Waals surface area contributed by atoms with Crippen molar-refractivity contribution in [1.29, 1.82) is 0 Å². The third-order valence-corrected chi connectivity index (χ3v) is 7.32. The zero-order valence-corrected chi connectivity index (χ0v) is 13.9. The monoisotopic (exact) mass is 290 g/mol. The molecule has 21 heavy (non-hydrogen) atoms. The summed E-state index contributed by atoms with van der Waals surface area (Å²) in [5.41, 5.74) is 1.18. The molecule has 3 rings (SSSR count). The van der Waals surface area contributed by atoms with E-state index in [4.69, 9.17) is 4.74 Å². The van der Waals surface area contributed by atoms with Crippen molar-refractivity contribution >= 4 is 5.97 Å². The van der Waals surface area contributed by atoms with Gasteiger partial charge in [0.1, 0.15) is 6.10 Å². The molecule has 0 heterocycles. The largest absolute Gasteiger partial charge is 0.458 e. The summed E-state index contributed by atoms with van der Waals surface area (Å²) in [5, 5.41) is 0. The van der Waals surface area contributed by atoms with Gasteiger partial charge in [-0.2, -0.15) is 0 Å². The Labute approximate surface area is 129 Å². The minimum Gasteiger partial charge on any atom is -0.458 e. The fraction of sp³-hybridized carbons (Fsp3) is 0.842. The van der Waals surface area contributed by atoms with Gasteiger partial charge in [0.2, 0.25) is 0 Å². The van der Waals surface area contributed by atoms with Gasteiger partial charge in [-0.05, 0) is 49.4 Å². The van der Waals surface area contributed by atoms with Gasteiger partial charge in [0.15, 0.2) is 0 Å². The summed E-state index contributed by atoms with van der Waals surface area (Å²) in [6.45, 7) is 11.1. The lowest BCUT2D eigenvalue weighted by Gasteiger charge is -2.38. The Hall–Kier alpha value is -0.790. The fourth-order valence-corrected chi connectivity index (χ4v) is 5.13. The first-order valence-electron chi connectivity index (χ1n) is 8.76. The molecule has 3 aliphatic rings. The highest BCUT2D eigenvalue weighted by Crippen LogP contribution is 2.66. The maximum absolute atomic E-state index is 12.5. The summed E-state index contributed by atoms with van der Waals surface area (Å²) >= 11 is 0. The van der Waals surface area contributed by atoms with Gasteiger partial charge in [-0.1, -0.05) is 46.6 Å². The molecular weight excluding hydrogens is 260 g/mol. The van der Waals surface area contributed by atoms with Crippen molar-refractivity contribution in [2.45, 2.75) is 78.2 Å². The predicted octanol–water partition coefficient (Wildman–Crippen LogP) is 4.88. The van der Waals surface area contributed by atoms with Crippen molar-refractivity contribution in [3.8, 4) is 0 Å². The molecule has 2 heteroatoms. The molecule has 0 N–H and O–H groups in total. The predicted molar refractivity (Wildman–Crippen MR) is 84.8 cm³/mol. The van der Waals surface area contributed by atoms with Gasteiger partial charge in [0.25, 0.3) is 0 Å². The fourth-order valence-electron chi connectivity index (χ4n) is 5.13. The van der Waals surface area contributed by atoms with Crippen molar-refractivity contribution in [3.63, 3.8) is 0 Å². The van der Waals surface area contributed by atoms with Gasteiger partial charge in [0, 0.05) is 11.0 Å². The molecule has 0 spiro atoms. The summed E-state index contributed by atoms with van der Waals surface area (Å²) in [7, 11) is 0. The Kier molecular flexibility index (Phi) is 3.70. The molecule has 0 saturated heterocycles. The standard InChI is InChI=1S/C19H30O2/c1-13(14-8-6-5-7-9-14)17(20)21-16-12-15-10-11-19(16,4)18(15,2)3/h14-16H,1,5-12H2,2-4H3/t15-,16?,19-/m1/s1. The Bertz CT molecular complexity index is 444. The number of ether oxygens (including phenoxy) is 1. The van der Waals surface area contributed by atoms with Crippen molar-refractivity contribution in [2.24, 2.45) is 22.7 Å². The number of esters is 1. The van der Waals surface area contributed by atoms with E-state index >= 15 is 0 Å². The summed E-state index contributed by atoms with van der Waals surface area (Å²) in [5.74, 6) is 0.963. The van der Waals surface area contributed by atoms with E-state index < -0.39 is 0 Å². The van der Waals surface area contributed by atoms with Crippen LogP contribution in [0.4, 0.5) is 0 Å². The van der Waals surface area contributed by atoms with Gasteiger partial charge in [-0.15, -0.1) is 0 Å². The minimum absolute atomic E-state index is 0.0964. The highest BCUT2D eigenvalue weighted by Gasteiger charge is 2.62. The molecule has 0 amide bonds. The number of hydrogen-bond acceptors (Lipinski definition) is 2. The molecule has 0 aromatic carbocycles. The average Bonchev–Trinajstić information content (AvgIpc) is 2.80. The first-order chi connectivity index (χ1) is 9.86. The van der Waals surface area contributed by atoms with Crippen molar-refractivity contribution in [1.82, 2.24) is 0 Å². The van der Waals surface area contributed by atoms with Crippen LogP contribution in [0.2, 0.25) is 0 Å². The zero-order chi connectivity index (χ0) is 15.3. The molecule has 1 unspecified atom stereocenters. The average molecular weight is 290 g/mol. The lowest BCUT2D eigenvalue weighted by Crippen LogP contribution is -2.38. The number of carbonyl (C=O) groups excluding carboxylic acids is 1. The summed E-state index contributed by atoms with van der Waals surface area (Å²) < 4.78 is 5.96. The van der Waals surface area contributed by atoms with Gasteiger partial charge in [-0.25, -0.2) is 4.79 Å². The summed E-state index contributed by atoms with van der Waals surface area (Å²) in [4.78, 5) is 12.5. The van der Waals surface area contributed by atoms with Crippen LogP contribution in [-0.2, 0) is 9.53 Å². The third-order valence-electron chi connectivity index (χ3n) is 7.32. The second kappa shape index (κ2) is 5.14. The smallest absolute Gasteiger partial charge is 0.333 e. The highest BCUT2D eigenvalue weighted by molar-refractivity contribution is 5.88. The van der Waals surface area contributed by atoms with Crippen LogP contribution in [-0.4, -0.2) is 12.1 Å². The van der Waals surface area contributed by atoms with Crippen molar-refractivity contribution in [2.75, 3.05) is 0 Å². The maximum Gasteiger partial charge on any atom is 0.333 e. The van der Waals surface area contributed by atoms with Crippen LogP contribution in [0, 0.1) is 22.7 Å².